The van der Waals surface area contributed by atoms with Crippen LogP contribution in [0.2, 0.25) is 0 Å². The van der Waals surface area contributed by atoms with E-state index in [9.17, 15) is 4.79 Å². The molecule has 6 nitrogen and oxygen atoms in total. The molecular weight excluding hydrogens is 232 g/mol. The van der Waals surface area contributed by atoms with Crippen LogP contribution in [-0.2, 0) is 16.0 Å². The lowest BCUT2D eigenvalue weighted by atomic mass is 10.1. The molecule has 1 aromatic heterocycles. The number of carbonyl (C=O) groups excluding carboxylic acids is 1. The topological polar surface area (TPSA) is 79.0 Å². The molecule has 3 N–H and O–H groups in total. The molecule has 18 heavy (non-hydrogen) atoms. The Balaban J connectivity index is 1.54. The van der Waals surface area contributed by atoms with E-state index in [1.165, 1.54) is 0 Å². The molecule has 0 atom stereocenters. The van der Waals surface area contributed by atoms with Gasteiger partial charge in [0.15, 0.2) is 0 Å². The van der Waals surface area contributed by atoms with Gasteiger partial charge in [-0.2, -0.15) is 0 Å². The van der Waals surface area contributed by atoms with E-state index in [1.807, 2.05) is 0 Å². The number of H-pyrrole nitrogens is 1. The summed E-state index contributed by atoms with van der Waals surface area (Å²) in [4.78, 5) is 18.4. The summed E-state index contributed by atoms with van der Waals surface area (Å²) in [5, 5.41) is 6.10. The molecule has 1 aromatic rings. The molecule has 6 heteroatoms. The minimum absolute atomic E-state index is 0.0481. The molecule has 1 aliphatic rings. The average Bonchev–Trinajstić information content (AvgIpc) is 2.91. The summed E-state index contributed by atoms with van der Waals surface area (Å²) < 4.78 is 5.56. The van der Waals surface area contributed by atoms with Crippen LogP contribution in [-0.4, -0.2) is 48.2 Å². The van der Waals surface area contributed by atoms with E-state index in [2.05, 4.69) is 20.6 Å². The van der Waals surface area contributed by atoms with Crippen LogP contribution in [0.5, 0.6) is 0 Å². The van der Waals surface area contributed by atoms with Crippen LogP contribution in [0.3, 0.4) is 0 Å². The molecule has 0 aromatic carbocycles. The number of nitrogens with zero attached hydrogens (tertiary/aromatic N) is 1. The third-order valence-corrected chi connectivity index (χ3v) is 3.01. The van der Waals surface area contributed by atoms with Gasteiger partial charge < -0.3 is 20.4 Å². The van der Waals surface area contributed by atoms with Crippen LogP contribution in [0.1, 0.15) is 18.5 Å². The summed E-state index contributed by atoms with van der Waals surface area (Å²) in [7, 11) is 0. The molecule has 0 saturated carbocycles. The van der Waals surface area contributed by atoms with Crippen LogP contribution < -0.4 is 10.6 Å². The molecule has 2 heterocycles. The lowest BCUT2D eigenvalue weighted by Gasteiger charge is -2.22. The predicted octanol–water partition coefficient (Wildman–Crippen LogP) is -0.163. The van der Waals surface area contributed by atoms with Gasteiger partial charge in [0.05, 0.1) is 12.4 Å². The monoisotopic (exact) mass is 252 g/mol. The van der Waals surface area contributed by atoms with Crippen LogP contribution >= 0.6 is 0 Å². The maximum Gasteiger partial charge on any atom is 0.246 e. The quantitative estimate of drug-likeness (QED) is 0.657. The molecule has 100 valence electrons. The van der Waals surface area contributed by atoms with Crippen molar-refractivity contribution in [1.82, 2.24) is 20.6 Å². The second-order valence-corrected chi connectivity index (χ2v) is 4.44. The van der Waals surface area contributed by atoms with Gasteiger partial charge in [-0.3, -0.25) is 4.79 Å². The molecule has 0 spiro atoms. The van der Waals surface area contributed by atoms with Crippen molar-refractivity contribution in [2.45, 2.75) is 25.4 Å². The Morgan fingerprint density at radius 2 is 2.33 bits per heavy atom. The lowest BCUT2D eigenvalue weighted by Crippen LogP contribution is -2.36. The summed E-state index contributed by atoms with van der Waals surface area (Å²) >= 11 is 0. The van der Waals surface area contributed by atoms with Gasteiger partial charge in [0, 0.05) is 24.9 Å². The van der Waals surface area contributed by atoms with Crippen LogP contribution in [0.15, 0.2) is 12.5 Å². The van der Waals surface area contributed by atoms with Crippen molar-refractivity contribution in [2.75, 3.05) is 26.2 Å². The third-order valence-electron chi connectivity index (χ3n) is 3.01. The highest BCUT2D eigenvalue weighted by Crippen LogP contribution is 2.06. The molecule has 0 bridgehead atoms. The van der Waals surface area contributed by atoms with Gasteiger partial charge >= 0.3 is 0 Å². The van der Waals surface area contributed by atoms with Crippen LogP contribution in [0.25, 0.3) is 0 Å². The van der Waals surface area contributed by atoms with E-state index in [1.54, 1.807) is 12.5 Å². The van der Waals surface area contributed by atoms with Gasteiger partial charge in [-0.05, 0) is 25.9 Å². The number of hydrogen-bond acceptors (Lipinski definition) is 4. The van der Waals surface area contributed by atoms with Gasteiger partial charge in [0.1, 0.15) is 6.61 Å². The zero-order valence-electron chi connectivity index (χ0n) is 10.4. The van der Waals surface area contributed by atoms with E-state index in [-0.39, 0.29) is 18.6 Å². The number of carbonyl (C=O) groups is 1. The number of rotatable bonds is 6. The smallest absolute Gasteiger partial charge is 0.246 e. The van der Waals surface area contributed by atoms with Gasteiger partial charge in [-0.25, -0.2) is 4.98 Å². The SMILES string of the molecule is O=C(COC1CCNCC1)NCCc1cnc[nH]1. The van der Waals surface area contributed by atoms with Crippen molar-refractivity contribution in [1.29, 1.82) is 0 Å². The van der Waals surface area contributed by atoms with E-state index >= 15 is 0 Å². The van der Waals surface area contributed by atoms with Gasteiger partial charge in [0.25, 0.3) is 0 Å². The number of ether oxygens (including phenoxy) is 1. The van der Waals surface area contributed by atoms with E-state index in [4.69, 9.17) is 4.74 Å². The first-order valence-electron chi connectivity index (χ1n) is 6.41. The second kappa shape index (κ2) is 7.13. The minimum Gasteiger partial charge on any atom is -0.368 e. The Bertz CT molecular complexity index is 347. The van der Waals surface area contributed by atoms with Crippen molar-refractivity contribution in [3.63, 3.8) is 0 Å². The first-order valence-corrected chi connectivity index (χ1v) is 6.41. The van der Waals surface area contributed by atoms with Crippen LogP contribution in [0.4, 0.5) is 0 Å². The fraction of sp³-hybridized carbons (Fsp3) is 0.667. The summed E-state index contributed by atoms with van der Waals surface area (Å²) in [6.45, 7) is 2.72. The summed E-state index contributed by atoms with van der Waals surface area (Å²) in [6.07, 6.45) is 6.36. The number of hydrogen-bond donors (Lipinski definition) is 3. The minimum atomic E-state index is -0.0481. The van der Waals surface area contributed by atoms with Gasteiger partial charge in [-0.1, -0.05) is 0 Å². The number of nitrogens with one attached hydrogen (secondary N) is 3. The van der Waals surface area contributed by atoms with Crippen molar-refractivity contribution < 1.29 is 9.53 Å². The lowest BCUT2D eigenvalue weighted by molar-refractivity contribution is -0.128. The van der Waals surface area contributed by atoms with E-state index in [0.717, 1.165) is 38.0 Å². The second-order valence-electron chi connectivity index (χ2n) is 4.44. The van der Waals surface area contributed by atoms with E-state index in [0.29, 0.717) is 6.54 Å². The van der Waals surface area contributed by atoms with E-state index < -0.39 is 0 Å². The molecule has 1 aliphatic heterocycles. The number of aromatic nitrogens is 2. The molecule has 0 unspecified atom stereocenters. The zero-order chi connectivity index (χ0) is 12.6. The van der Waals surface area contributed by atoms with Crippen molar-refractivity contribution in [3.8, 4) is 0 Å². The molecule has 1 fully saturated rings. The van der Waals surface area contributed by atoms with Gasteiger partial charge in [-0.15, -0.1) is 0 Å². The third kappa shape index (κ3) is 4.46. The normalized spacial score (nSPS) is 16.7. The average molecular weight is 252 g/mol. The first-order chi connectivity index (χ1) is 8.84. The number of piperidine rings is 1. The molecule has 1 amide bonds. The maximum absolute atomic E-state index is 11.5. The maximum atomic E-state index is 11.5. The number of imidazole rings is 1. The predicted molar refractivity (Wildman–Crippen MR) is 67.1 cm³/mol. The number of aromatic amines is 1. The first kappa shape index (κ1) is 13.0. The Morgan fingerprint density at radius 1 is 1.50 bits per heavy atom. The fourth-order valence-corrected chi connectivity index (χ4v) is 1.96. The summed E-state index contributed by atoms with van der Waals surface area (Å²) in [5.41, 5.74) is 1.02. The zero-order valence-corrected chi connectivity index (χ0v) is 10.4. The molecule has 2 rings (SSSR count). The van der Waals surface area contributed by atoms with Crippen molar-refractivity contribution >= 4 is 5.91 Å². The highest BCUT2D eigenvalue weighted by Gasteiger charge is 2.14. The van der Waals surface area contributed by atoms with Crippen LogP contribution in [0, 0.1) is 0 Å². The summed E-state index contributed by atoms with van der Waals surface area (Å²) in [5.74, 6) is -0.0481. The Morgan fingerprint density at radius 3 is 3.06 bits per heavy atom. The molecular formula is C12H20N4O2. The Hall–Kier alpha value is -1.40. The molecule has 1 saturated heterocycles. The van der Waals surface area contributed by atoms with Crippen molar-refractivity contribution in [3.05, 3.63) is 18.2 Å². The highest BCUT2D eigenvalue weighted by atomic mass is 16.5. The standard InChI is InChI=1S/C12H20N4O2/c17-12(8-18-11-2-4-13-5-3-11)15-6-1-10-7-14-9-16-10/h7,9,11,13H,1-6,8H2,(H,14,16)(H,15,17). The highest BCUT2D eigenvalue weighted by molar-refractivity contribution is 5.77. The fourth-order valence-electron chi connectivity index (χ4n) is 1.96. The number of amides is 1. The Kier molecular flexibility index (Phi) is 5.16. The molecule has 0 radical (unpaired) electrons. The van der Waals surface area contributed by atoms with Gasteiger partial charge in [0.2, 0.25) is 5.91 Å². The largest absolute Gasteiger partial charge is 0.368 e. The molecule has 0 aliphatic carbocycles. The summed E-state index contributed by atoms with van der Waals surface area (Å²) in [6, 6.07) is 0. The Labute approximate surface area is 107 Å². The van der Waals surface area contributed by atoms with Crippen molar-refractivity contribution in [2.24, 2.45) is 0 Å².